The van der Waals surface area contributed by atoms with Gasteiger partial charge >= 0.3 is 0 Å². The Labute approximate surface area is 155 Å². The Hall–Kier alpha value is -2.99. The molecule has 3 rings (SSSR count). The molecule has 1 amide bonds. The van der Waals surface area contributed by atoms with Crippen molar-refractivity contribution in [3.05, 3.63) is 71.9 Å². The average Bonchev–Trinajstić information content (AvgIpc) is 2.68. The molecule has 3 aromatic rings. The van der Waals surface area contributed by atoms with Crippen LogP contribution in [0.25, 0.3) is 11.3 Å². The molecule has 1 N–H and O–H groups in total. The number of benzene rings is 2. The van der Waals surface area contributed by atoms with Gasteiger partial charge in [0.2, 0.25) is 0 Å². The molecule has 0 atom stereocenters. The fraction of sp³-hybridized carbons (Fsp3) is 0.100. The number of hydrogen-bond donors (Lipinski definition) is 1. The van der Waals surface area contributed by atoms with E-state index in [1.807, 2.05) is 36.6 Å². The van der Waals surface area contributed by atoms with Crippen molar-refractivity contribution < 1.29 is 9.59 Å². The SMILES string of the molecule is CSc1ncc(C(=O)Nc2cccc(C(C)=O)c2)c(-c2ccccc2)n1. The van der Waals surface area contributed by atoms with Gasteiger partial charge in [-0.2, -0.15) is 0 Å². The van der Waals surface area contributed by atoms with Crippen molar-refractivity contribution in [2.45, 2.75) is 12.1 Å². The molecule has 0 aliphatic rings. The standard InChI is InChI=1S/C20H17N3O2S/c1-13(24)15-9-6-10-16(11-15)22-19(25)17-12-21-20(26-2)23-18(17)14-7-4-3-5-8-14/h3-12H,1-2H3,(H,22,25). The molecule has 0 fully saturated rings. The molecule has 0 radical (unpaired) electrons. The van der Waals surface area contributed by atoms with E-state index >= 15 is 0 Å². The van der Waals surface area contributed by atoms with Crippen LogP contribution in [0, 0.1) is 0 Å². The Morgan fingerprint density at radius 3 is 2.50 bits per heavy atom. The summed E-state index contributed by atoms with van der Waals surface area (Å²) < 4.78 is 0. The van der Waals surface area contributed by atoms with Crippen molar-refractivity contribution in [3.8, 4) is 11.3 Å². The van der Waals surface area contributed by atoms with Gasteiger partial charge in [0.15, 0.2) is 10.9 Å². The Kier molecular flexibility index (Phi) is 5.43. The Morgan fingerprint density at radius 2 is 1.81 bits per heavy atom. The number of nitrogens with zero attached hydrogens (tertiary/aromatic N) is 2. The zero-order valence-corrected chi connectivity index (χ0v) is 15.2. The van der Waals surface area contributed by atoms with Crippen molar-refractivity contribution >= 4 is 29.1 Å². The third kappa shape index (κ3) is 3.97. The van der Waals surface area contributed by atoms with E-state index in [4.69, 9.17) is 0 Å². The van der Waals surface area contributed by atoms with Crippen molar-refractivity contribution in [3.63, 3.8) is 0 Å². The van der Waals surface area contributed by atoms with E-state index in [9.17, 15) is 9.59 Å². The summed E-state index contributed by atoms with van der Waals surface area (Å²) >= 11 is 1.42. The minimum Gasteiger partial charge on any atom is -0.322 e. The predicted octanol–water partition coefficient (Wildman–Crippen LogP) is 4.32. The van der Waals surface area contributed by atoms with Gasteiger partial charge in [-0.05, 0) is 25.3 Å². The molecule has 0 saturated heterocycles. The molecule has 5 nitrogen and oxygen atoms in total. The number of anilines is 1. The quantitative estimate of drug-likeness (QED) is 0.415. The maximum absolute atomic E-state index is 12.8. The number of ketones is 1. The van der Waals surface area contributed by atoms with Crippen LogP contribution in [-0.4, -0.2) is 27.9 Å². The van der Waals surface area contributed by atoms with E-state index in [-0.39, 0.29) is 11.7 Å². The van der Waals surface area contributed by atoms with E-state index in [0.29, 0.717) is 27.7 Å². The molecular formula is C20H17N3O2S. The van der Waals surface area contributed by atoms with E-state index in [1.54, 1.807) is 24.3 Å². The van der Waals surface area contributed by atoms with Crippen molar-refractivity contribution in [2.24, 2.45) is 0 Å². The third-order valence-corrected chi connectivity index (χ3v) is 4.33. The van der Waals surface area contributed by atoms with Gasteiger partial charge in [-0.25, -0.2) is 9.97 Å². The van der Waals surface area contributed by atoms with Gasteiger partial charge in [-0.3, -0.25) is 9.59 Å². The Balaban J connectivity index is 1.97. The summed E-state index contributed by atoms with van der Waals surface area (Å²) in [6.07, 6.45) is 3.42. The number of aromatic nitrogens is 2. The summed E-state index contributed by atoms with van der Waals surface area (Å²) in [5, 5.41) is 3.42. The minimum absolute atomic E-state index is 0.0567. The molecule has 6 heteroatoms. The maximum atomic E-state index is 12.8. The Bertz CT molecular complexity index is 958. The van der Waals surface area contributed by atoms with Crippen LogP contribution in [0.15, 0.2) is 66.0 Å². The summed E-state index contributed by atoms with van der Waals surface area (Å²) in [5.74, 6) is -0.379. The molecule has 0 aliphatic heterocycles. The molecule has 0 spiro atoms. The number of rotatable bonds is 5. The number of hydrogen-bond acceptors (Lipinski definition) is 5. The van der Waals surface area contributed by atoms with E-state index in [0.717, 1.165) is 5.56 Å². The van der Waals surface area contributed by atoms with Gasteiger partial charge in [-0.15, -0.1) is 0 Å². The summed E-state index contributed by atoms with van der Waals surface area (Å²) in [7, 11) is 0. The van der Waals surface area contributed by atoms with Crippen LogP contribution in [0.4, 0.5) is 5.69 Å². The molecule has 26 heavy (non-hydrogen) atoms. The number of carbonyl (C=O) groups is 2. The predicted molar refractivity (Wildman–Crippen MR) is 104 cm³/mol. The van der Waals surface area contributed by atoms with Gasteiger partial charge in [-0.1, -0.05) is 54.2 Å². The van der Waals surface area contributed by atoms with Crippen LogP contribution < -0.4 is 5.32 Å². The minimum atomic E-state index is -0.322. The fourth-order valence-corrected chi connectivity index (χ4v) is 2.80. The molecule has 0 saturated carbocycles. The molecular weight excluding hydrogens is 346 g/mol. The van der Waals surface area contributed by atoms with Gasteiger partial charge in [0.05, 0.1) is 11.3 Å². The lowest BCUT2D eigenvalue weighted by Gasteiger charge is -2.11. The van der Waals surface area contributed by atoms with Crippen LogP contribution in [0.3, 0.4) is 0 Å². The number of carbonyl (C=O) groups excluding carboxylic acids is 2. The van der Waals surface area contributed by atoms with Gasteiger partial charge in [0.25, 0.3) is 5.91 Å². The smallest absolute Gasteiger partial charge is 0.259 e. The van der Waals surface area contributed by atoms with Crippen molar-refractivity contribution in [1.29, 1.82) is 0 Å². The van der Waals surface area contributed by atoms with Crippen LogP contribution in [-0.2, 0) is 0 Å². The molecule has 130 valence electrons. The average molecular weight is 363 g/mol. The first kappa shape index (κ1) is 17.8. The highest BCUT2D eigenvalue weighted by Crippen LogP contribution is 2.24. The normalized spacial score (nSPS) is 10.4. The number of amides is 1. The first-order valence-corrected chi connectivity index (χ1v) is 9.20. The van der Waals surface area contributed by atoms with Crippen LogP contribution >= 0.6 is 11.8 Å². The summed E-state index contributed by atoms with van der Waals surface area (Å²) in [5.41, 5.74) is 2.89. The van der Waals surface area contributed by atoms with E-state index in [2.05, 4.69) is 15.3 Å². The second-order valence-corrected chi connectivity index (χ2v) is 6.35. The first-order valence-electron chi connectivity index (χ1n) is 7.97. The number of thioether (sulfide) groups is 1. The van der Waals surface area contributed by atoms with Gasteiger partial charge < -0.3 is 5.32 Å². The maximum Gasteiger partial charge on any atom is 0.259 e. The third-order valence-electron chi connectivity index (χ3n) is 3.77. The topological polar surface area (TPSA) is 72.0 Å². The lowest BCUT2D eigenvalue weighted by atomic mass is 10.1. The second-order valence-electron chi connectivity index (χ2n) is 5.58. The highest BCUT2D eigenvalue weighted by molar-refractivity contribution is 7.98. The molecule has 0 unspecified atom stereocenters. The summed E-state index contributed by atoms with van der Waals surface area (Å²) in [4.78, 5) is 33.1. The van der Waals surface area contributed by atoms with Crippen LogP contribution in [0.1, 0.15) is 27.6 Å². The zero-order chi connectivity index (χ0) is 18.5. The van der Waals surface area contributed by atoms with Crippen molar-refractivity contribution in [1.82, 2.24) is 9.97 Å². The lowest BCUT2D eigenvalue weighted by Crippen LogP contribution is -2.15. The highest BCUT2D eigenvalue weighted by atomic mass is 32.2. The summed E-state index contributed by atoms with van der Waals surface area (Å²) in [6.45, 7) is 1.49. The monoisotopic (exact) mass is 363 g/mol. The highest BCUT2D eigenvalue weighted by Gasteiger charge is 2.16. The van der Waals surface area contributed by atoms with Crippen LogP contribution in [0.5, 0.6) is 0 Å². The fourth-order valence-electron chi connectivity index (χ4n) is 2.46. The van der Waals surface area contributed by atoms with Crippen molar-refractivity contribution in [2.75, 3.05) is 11.6 Å². The largest absolute Gasteiger partial charge is 0.322 e. The van der Waals surface area contributed by atoms with E-state index in [1.165, 1.54) is 24.9 Å². The van der Waals surface area contributed by atoms with Gasteiger partial charge in [0, 0.05) is 23.0 Å². The van der Waals surface area contributed by atoms with Crippen LogP contribution in [0.2, 0.25) is 0 Å². The van der Waals surface area contributed by atoms with Gasteiger partial charge in [0.1, 0.15) is 0 Å². The lowest BCUT2D eigenvalue weighted by molar-refractivity contribution is 0.101. The molecule has 0 bridgehead atoms. The summed E-state index contributed by atoms with van der Waals surface area (Å²) in [6, 6.07) is 16.3. The molecule has 2 aromatic carbocycles. The second kappa shape index (κ2) is 7.93. The Morgan fingerprint density at radius 1 is 1.04 bits per heavy atom. The molecule has 1 aromatic heterocycles. The molecule has 1 heterocycles. The molecule has 0 aliphatic carbocycles. The first-order chi connectivity index (χ1) is 12.6. The zero-order valence-electron chi connectivity index (χ0n) is 14.4. The number of nitrogens with one attached hydrogen (secondary N) is 1. The number of Topliss-reactive ketones (excluding diaryl/α,β-unsaturated/α-hetero) is 1. The van der Waals surface area contributed by atoms with E-state index < -0.39 is 0 Å².